The van der Waals surface area contributed by atoms with Gasteiger partial charge in [0, 0.05) is 24.7 Å². The predicted octanol–water partition coefficient (Wildman–Crippen LogP) is 3.14. The summed E-state index contributed by atoms with van der Waals surface area (Å²) in [7, 11) is -3.29. The second-order valence-corrected chi connectivity index (χ2v) is 8.82. The fourth-order valence-electron chi connectivity index (χ4n) is 3.60. The van der Waals surface area contributed by atoms with Crippen molar-refractivity contribution in [2.75, 3.05) is 18.1 Å². The molecule has 1 N–H and O–H groups in total. The Morgan fingerprint density at radius 2 is 1.71 bits per heavy atom. The van der Waals surface area contributed by atoms with Crippen LogP contribution in [0.4, 0.5) is 5.69 Å². The number of anilines is 1. The van der Waals surface area contributed by atoms with Crippen molar-refractivity contribution in [2.45, 2.75) is 58.9 Å². The standard InChI is InChI=1S/C18H28N2O3S/c1-13-11-14(2)18(15(3)12-13)19-17(21)9-10-20(24(4,22)23)16-7-5-6-8-16/h11-12,16H,5-10H2,1-4H3,(H,19,21). The third-order valence-electron chi connectivity index (χ3n) is 4.66. The number of rotatable bonds is 6. The highest BCUT2D eigenvalue weighted by Crippen LogP contribution is 2.26. The molecule has 1 aliphatic rings. The third kappa shape index (κ3) is 4.80. The van der Waals surface area contributed by atoms with Crippen LogP contribution in [0.5, 0.6) is 0 Å². The number of benzene rings is 1. The van der Waals surface area contributed by atoms with Gasteiger partial charge in [-0.05, 0) is 44.7 Å². The molecule has 0 spiro atoms. The second kappa shape index (κ2) is 7.66. The number of nitrogens with one attached hydrogen (secondary N) is 1. The number of carbonyl (C=O) groups excluding carboxylic acids is 1. The Bertz CT molecular complexity index is 684. The number of hydrogen-bond acceptors (Lipinski definition) is 3. The minimum absolute atomic E-state index is 0.0515. The highest BCUT2D eigenvalue weighted by Gasteiger charge is 2.29. The summed E-state index contributed by atoms with van der Waals surface area (Å²) in [6.07, 6.45) is 5.32. The van der Waals surface area contributed by atoms with Gasteiger partial charge in [-0.2, -0.15) is 4.31 Å². The molecule has 1 aromatic rings. The zero-order valence-corrected chi connectivity index (χ0v) is 15.9. The Labute approximate surface area is 145 Å². The minimum atomic E-state index is -3.29. The van der Waals surface area contributed by atoms with Gasteiger partial charge in [-0.15, -0.1) is 0 Å². The lowest BCUT2D eigenvalue weighted by atomic mass is 10.1. The van der Waals surface area contributed by atoms with Crippen LogP contribution >= 0.6 is 0 Å². The molecular formula is C18H28N2O3S. The Morgan fingerprint density at radius 3 is 2.21 bits per heavy atom. The topological polar surface area (TPSA) is 66.5 Å². The smallest absolute Gasteiger partial charge is 0.225 e. The van der Waals surface area contributed by atoms with Gasteiger partial charge in [0.1, 0.15) is 0 Å². The van der Waals surface area contributed by atoms with Gasteiger partial charge in [-0.25, -0.2) is 8.42 Å². The fraction of sp³-hybridized carbons (Fsp3) is 0.611. The monoisotopic (exact) mass is 352 g/mol. The molecule has 0 atom stereocenters. The summed E-state index contributed by atoms with van der Waals surface area (Å²) in [5.74, 6) is -0.142. The van der Waals surface area contributed by atoms with Crippen LogP contribution in [0.2, 0.25) is 0 Å². The molecule has 1 amide bonds. The van der Waals surface area contributed by atoms with E-state index < -0.39 is 10.0 Å². The molecule has 2 rings (SSSR count). The van der Waals surface area contributed by atoms with Crippen molar-refractivity contribution < 1.29 is 13.2 Å². The highest BCUT2D eigenvalue weighted by molar-refractivity contribution is 7.88. The molecule has 0 heterocycles. The maximum atomic E-state index is 12.3. The van der Waals surface area contributed by atoms with Crippen molar-refractivity contribution >= 4 is 21.6 Å². The molecule has 24 heavy (non-hydrogen) atoms. The van der Waals surface area contributed by atoms with E-state index in [2.05, 4.69) is 5.32 Å². The van der Waals surface area contributed by atoms with Gasteiger partial charge >= 0.3 is 0 Å². The lowest BCUT2D eigenvalue weighted by molar-refractivity contribution is -0.116. The van der Waals surface area contributed by atoms with Crippen LogP contribution in [-0.4, -0.2) is 37.5 Å². The molecule has 6 heteroatoms. The van der Waals surface area contributed by atoms with E-state index in [-0.39, 0.29) is 24.9 Å². The van der Waals surface area contributed by atoms with Gasteiger partial charge in [-0.1, -0.05) is 30.5 Å². The molecule has 0 aromatic heterocycles. The minimum Gasteiger partial charge on any atom is -0.326 e. The van der Waals surface area contributed by atoms with E-state index in [9.17, 15) is 13.2 Å². The first-order valence-corrected chi connectivity index (χ1v) is 10.4. The average molecular weight is 353 g/mol. The van der Waals surface area contributed by atoms with Crippen LogP contribution in [0, 0.1) is 20.8 Å². The van der Waals surface area contributed by atoms with E-state index in [0.29, 0.717) is 0 Å². The van der Waals surface area contributed by atoms with E-state index >= 15 is 0 Å². The Morgan fingerprint density at radius 1 is 1.17 bits per heavy atom. The molecule has 0 unspecified atom stereocenters. The van der Waals surface area contributed by atoms with Gasteiger partial charge < -0.3 is 5.32 Å². The first kappa shape index (κ1) is 18.9. The van der Waals surface area contributed by atoms with Crippen LogP contribution in [0.15, 0.2) is 12.1 Å². The van der Waals surface area contributed by atoms with Crippen LogP contribution in [0.3, 0.4) is 0 Å². The van der Waals surface area contributed by atoms with Gasteiger partial charge in [0.25, 0.3) is 0 Å². The molecule has 0 saturated heterocycles. The van der Waals surface area contributed by atoms with Crippen molar-refractivity contribution in [1.82, 2.24) is 4.31 Å². The zero-order valence-electron chi connectivity index (χ0n) is 15.1. The van der Waals surface area contributed by atoms with Gasteiger partial charge in [0.05, 0.1) is 6.26 Å². The molecule has 0 aliphatic heterocycles. The lowest BCUT2D eigenvalue weighted by Crippen LogP contribution is -2.40. The number of amides is 1. The molecule has 0 radical (unpaired) electrons. The summed E-state index contributed by atoms with van der Waals surface area (Å²) >= 11 is 0. The van der Waals surface area contributed by atoms with Gasteiger partial charge in [-0.3, -0.25) is 4.79 Å². The molecular weight excluding hydrogens is 324 g/mol. The van der Waals surface area contributed by atoms with E-state index in [1.807, 2.05) is 32.9 Å². The largest absolute Gasteiger partial charge is 0.326 e. The predicted molar refractivity (Wildman–Crippen MR) is 97.7 cm³/mol. The van der Waals surface area contributed by atoms with Crippen LogP contribution in [0.1, 0.15) is 48.8 Å². The summed E-state index contributed by atoms with van der Waals surface area (Å²) in [6.45, 7) is 6.21. The molecule has 1 saturated carbocycles. The lowest BCUT2D eigenvalue weighted by Gasteiger charge is -2.26. The summed E-state index contributed by atoms with van der Waals surface area (Å²) < 4.78 is 25.6. The fourth-order valence-corrected chi connectivity index (χ4v) is 4.78. The molecule has 1 fully saturated rings. The van der Waals surface area contributed by atoms with Crippen molar-refractivity contribution in [1.29, 1.82) is 0 Å². The second-order valence-electron chi connectivity index (χ2n) is 6.88. The van der Waals surface area contributed by atoms with Crippen molar-refractivity contribution in [3.63, 3.8) is 0 Å². The third-order valence-corrected chi connectivity index (χ3v) is 5.99. The van der Waals surface area contributed by atoms with Gasteiger partial charge in [0.2, 0.25) is 15.9 Å². The zero-order chi connectivity index (χ0) is 17.9. The van der Waals surface area contributed by atoms with E-state index in [4.69, 9.17) is 0 Å². The number of nitrogens with zero attached hydrogens (tertiary/aromatic N) is 1. The summed E-state index contributed by atoms with van der Waals surface area (Å²) in [5.41, 5.74) is 4.04. The number of carbonyl (C=O) groups is 1. The maximum absolute atomic E-state index is 12.3. The first-order chi connectivity index (χ1) is 11.2. The molecule has 0 bridgehead atoms. The number of sulfonamides is 1. The first-order valence-electron chi connectivity index (χ1n) is 8.53. The normalized spacial score (nSPS) is 15.9. The van der Waals surface area contributed by atoms with E-state index in [1.54, 1.807) is 0 Å². The van der Waals surface area contributed by atoms with Crippen molar-refractivity contribution in [3.8, 4) is 0 Å². The van der Waals surface area contributed by atoms with Crippen molar-refractivity contribution in [3.05, 3.63) is 28.8 Å². The van der Waals surface area contributed by atoms with Crippen molar-refractivity contribution in [2.24, 2.45) is 0 Å². The number of aryl methyl sites for hydroxylation is 3. The summed E-state index contributed by atoms with van der Waals surface area (Å²) in [4.78, 5) is 12.3. The molecule has 134 valence electrons. The quantitative estimate of drug-likeness (QED) is 0.855. The average Bonchev–Trinajstić information content (AvgIpc) is 2.95. The number of hydrogen-bond donors (Lipinski definition) is 1. The van der Waals surface area contributed by atoms with Crippen LogP contribution in [0.25, 0.3) is 0 Å². The molecule has 1 aliphatic carbocycles. The summed E-state index contributed by atoms with van der Waals surface area (Å²) in [6, 6.07) is 4.11. The molecule has 1 aromatic carbocycles. The Balaban J connectivity index is 2.01. The summed E-state index contributed by atoms with van der Waals surface area (Å²) in [5, 5.41) is 2.94. The van der Waals surface area contributed by atoms with Crippen LogP contribution in [-0.2, 0) is 14.8 Å². The van der Waals surface area contributed by atoms with E-state index in [1.165, 1.54) is 10.6 Å². The van der Waals surface area contributed by atoms with E-state index in [0.717, 1.165) is 48.1 Å². The SMILES string of the molecule is Cc1cc(C)c(NC(=O)CCN(C2CCCC2)S(C)(=O)=O)c(C)c1. The maximum Gasteiger partial charge on any atom is 0.225 e. The molecule has 5 nitrogen and oxygen atoms in total. The Kier molecular flexibility index (Phi) is 6.04. The van der Waals surface area contributed by atoms with Crippen LogP contribution < -0.4 is 5.32 Å². The Hall–Kier alpha value is -1.40. The highest BCUT2D eigenvalue weighted by atomic mass is 32.2. The van der Waals surface area contributed by atoms with Gasteiger partial charge in [0.15, 0.2) is 0 Å².